The highest BCUT2D eigenvalue weighted by Crippen LogP contribution is 2.52. The largest absolute Gasteiger partial charge is 0.324 e. The number of fused-ring (bicyclic) bond motifs is 5. The SMILES string of the molecule is C[C@H](C(=O)Nc1ccc(Cl)cc1C(=O)c1ccccc1)N1C(=O)[C@@H]2[C@H](C1=O)[C@@H]1C=C[C@H]2C1. The number of likely N-dealkylation sites (tertiary alicyclic amines) is 1. The third-order valence-electron chi connectivity index (χ3n) is 6.79. The number of allylic oxidation sites excluding steroid dienone is 2. The molecule has 32 heavy (non-hydrogen) atoms. The lowest BCUT2D eigenvalue weighted by Crippen LogP contribution is -2.46. The summed E-state index contributed by atoms with van der Waals surface area (Å²) in [6.45, 7) is 1.54. The van der Waals surface area contributed by atoms with Crippen LogP contribution in [0.4, 0.5) is 5.69 Å². The van der Waals surface area contributed by atoms with Gasteiger partial charge in [-0.1, -0.05) is 54.1 Å². The number of anilines is 1. The van der Waals surface area contributed by atoms with Crippen molar-refractivity contribution in [1.29, 1.82) is 0 Å². The zero-order valence-electron chi connectivity index (χ0n) is 17.3. The van der Waals surface area contributed by atoms with Crippen molar-refractivity contribution in [2.45, 2.75) is 19.4 Å². The summed E-state index contributed by atoms with van der Waals surface area (Å²) in [6, 6.07) is 12.3. The molecule has 0 aromatic heterocycles. The molecule has 5 atom stereocenters. The maximum Gasteiger partial charge on any atom is 0.247 e. The number of amides is 3. The van der Waals surface area contributed by atoms with Crippen molar-refractivity contribution in [3.05, 3.63) is 76.8 Å². The van der Waals surface area contributed by atoms with Crippen molar-refractivity contribution in [2.24, 2.45) is 23.7 Å². The molecule has 1 saturated carbocycles. The molecule has 7 heteroatoms. The van der Waals surface area contributed by atoms with Gasteiger partial charge in [0.25, 0.3) is 0 Å². The second-order valence-electron chi connectivity index (χ2n) is 8.60. The third-order valence-corrected chi connectivity index (χ3v) is 7.03. The minimum absolute atomic E-state index is 0.0769. The van der Waals surface area contributed by atoms with Gasteiger partial charge in [0.1, 0.15) is 6.04 Å². The van der Waals surface area contributed by atoms with Crippen LogP contribution in [0.2, 0.25) is 5.02 Å². The van der Waals surface area contributed by atoms with Crippen molar-refractivity contribution in [2.75, 3.05) is 5.32 Å². The molecule has 2 bridgehead atoms. The molecule has 2 aromatic carbocycles. The molecule has 0 unspecified atom stereocenters. The lowest BCUT2D eigenvalue weighted by molar-refractivity contribution is -0.146. The second kappa shape index (κ2) is 7.71. The van der Waals surface area contributed by atoms with Crippen LogP contribution in [0.1, 0.15) is 29.3 Å². The Kier molecular flexibility index (Phi) is 4.97. The number of benzene rings is 2. The number of nitrogens with one attached hydrogen (secondary N) is 1. The van der Waals surface area contributed by atoms with E-state index in [4.69, 9.17) is 11.6 Å². The predicted molar refractivity (Wildman–Crippen MR) is 119 cm³/mol. The van der Waals surface area contributed by atoms with Crippen LogP contribution in [0.5, 0.6) is 0 Å². The molecule has 1 saturated heterocycles. The number of hydrogen-bond donors (Lipinski definition) is 1. The van der Waals surface area contributed by atoms with Gasteiger partial charge in [0, 0.05) is 16.1 Å². The summed E-state index contributed by atoms with van der Waals surface area (Å²) in [5.41, 5.74) is 0.975. The van der Waals surface area contributed by atoms with Crippen molar-refractivity contribution >= 4 is 40.8 Å². The van der Waals surface area contributed by atoms with Gasteiger partial charge in [0.05, 0.1) is 17.5 Å². The van der Waals surface area contributed by atoms with Crippen LogP contribution in [-0.4, -0.2) is 34.4 Å². The number of carbonyl (C=O) groups is 4. The minimum atomic E-state index is -0.990. The molecule has 3 amide bonds. The van der Waals surface area contributed by atoms with Crippen LogP contribution in [0.3, 0.4) is 0 Å². The Morgan fingerprint density at radius 2 is 1.62 bits per heavy atom. The number of imide groups is 1. The third kappa shape index (κ3) is 3.17. The second-order valence-corrected chi connectivity index (χ2v) is 9.03. The molecule has 2 fully saturated rings. The van der Waals surface area contributed by atoms with E-state index in [0.29, 0.717) is 10.6 Å². The summed E-state index contributed by atoms with van der Waals surface area (Å²) >= 11 is 6.11. The predicted octanol–water partition coefficient (Wildman–Crippen LogP) is 3.71. The van der Waals surface area contributed by atoms with Crippen molar-refractivity contribution in [3.63, 3.8) is 0 Å². The molecule has 5 rings (SSSR count). The number of carbonyl (C=O) groups excluding carboxylic acids is 4. The van der Waals surface area contributed by atoms with Gasteiger partial charge < -0.3 is 5.32 Å². The van der Waals surface area contributed by atoms with Crippen LogP contribution in [-0.2, 0) is 14.4 Å². The van der Waals surface area contributed by atoms with Gasteiger partial charge in [-0.05, 0) is 43.4 Å². The normalized spacial score (nSPS) is 26.4. The molecule has 1 aliphatic heterocycles. The topological polar surface area (TPSA) is 83.6 Å². The zero-order valence-corrected chi connectivity index (χ0v) is 18.1. The van der Waals surface area contributed by atoms with E-state index in [1.165, 1.54) is 13.0 Å². The maximum absolute atomic E-state index is 13.1. The Bertz CT molecular complexity index is 1150. The van der Waals surface area contributed by atoms with Gasteiger partial charge >= 0.3 is 0 Å². The average Bonchev–Trinajstić information content (AvgIpc) is 3.48. The molecule has 2 aliphatic carbocycles. The summed E-state index contributed by atoms with van der Waals surface area (Å²) in [5.74, 6) is -1.96. The van der Waals surface area contributed by atoms with E-state index in [2.05, 4.69) is 5.32 Å². The first-order chi connectivity index (χ1) is 15.4. The van der Waals surface area contributed by atoms with Crippen LogP contribution in [0.15, 0.2) is 60.7 Å². The highest BCUT2D eigenvalue weighted by Gasteiger charge is 2.60. The van der Waals surface area contributed by atoms with Crippen LogP contribution < -0.4 is 5.32 Å². The minimum Gasteiger partial charge on any atom is -0.324 e. The van der Waals surface area contributed by atoms with Crippen molar-refractivity contribution in [3.8, 4) is 0 Å². The fourth-order valence-electron chi connectivity index (χ4n) is 5.22. The Hall–Kier alpha value is -3.25. The standard InChI is InChI=1S/C25H21ClN2O4/c1-13(28-24(31)20-15-7-8-16(11-15)21(20)25(28)32)23(30)27-19-10-9-17(26)12-18(19)22(29)14-5-3-2-4-6-14/h2-10,12-13,15-16,20-21H,11H2,1H3,(H,27,30)/t13-,15-,16+,20-,21+/m1/s1. The monoisotopic (exact) mass is 448 g/mol. The summed E-state index contributed by atoms with van der Waals surface area (Å²) < 4.78 is 0. The van der Waals surface area contributed by atoms with Crippen LogP contribution in [0, 0.1) is 23.7 Å². The first kappa shape index (κ1) is 20.6. The summed E-state index contributed by atoms with van der Waals surface area (Å²) in [6.07, 6.45) is 4.86. The number of hydrogen-bond acceptors (Lipinski definition) is 4. The lowest BCUT2D eigenvalue weighted by Gasteiger charge is -2.24. The molecular formula is C25H21ClN2O4. The fraction of sp³-hybridized carbons (Fsp3) is 0.280. The van der Waals surface area contributed by atoms with Gasteiger partial charge in [0.15, 0.2) is 5.78 Å². The van der Waals surface area contributed by atoms with E-state index in [1.54, 1.807) is 42.5 Å². The molecule has 162 valence electrons. The molecule has 0 radical (unpaired) electrons. The van der Waals surface area contributed by atoms with Gasteiger partial charge in [0.2, 0.25) is 17.7 Å². The maximum atomic E-state index is 13.1. The Balaban J connectivity index is 1.38. The smallest absolute Gasteiger partial charge is 0.247 e. The van der Waals surface area contributed by atoms with E-state index >= 15 is 0 Å². The molecular weight excluding hydrogens is 428 g/mol. The number of nitrogens with zero attached hydrogens (tertiary/aromatic N) is 1. The van der Waals surface area contributed by atoms with Gasteiger partial charge in [-0.25, -0.2) is 0 Å². The van der Waals surface area contributed by atoms with E-state index in [9.17, 15) is 19.2 Å². The summed E-state index contributed by atoms with van der Waals surface area (Å²) in [7, 11) is 0. The molecule has 6 nitrogen and oxygen atoms in total. The van der Waals surface area contributed by atoms with Crippen molar-refractivity contribution < 1.29 is 19.2 Å². The highest BCUT2D eigenvalue weighted by atomic mass is 35.5. The van der Waals surface area contributed by atoms with E-state index in [-0.39, 0.29) is 52.5 Å². The van der Waals surface area contributed by atoms with E-state index in [1.807, 2.05) is 12.2 Å². The lowest BCUT2D eigenvalue weighted by atomic mass is 9.85. The first-order valence-electron chi connectivity index (χ1n) is 10.6. The molecule has 1 N–H and O–H groups in total. The molecule has 3 aliphatic rings. The Labute approximate surface area is 190 Å². The highest BCUT2D eigenvalue weighted by molar-refractivity contribution is 6.31. The first-order valence-corrected chi connectivity index (χ1v) is 11.0. The fourth-order valence-corrected chi connectivity index (χ4v) is 5.39. The van der Waals surface area contributed by atoms with Gasteiger partial charge in [-0.2, -0.15) is 0 Å². The van der Waals surface area contributed by atoms with Gasteiger partial charge in [-0.3, -0.25) is 24.1 Å². The average molecular weight is 449 g/mol. The molecule has 2 aromatic rings. The summed E-state index contributed by atoms with van der Waals surface area (Å²) in [4.78, 5) is 53.2. The van der Waals surface area contributed by atoms with E-state index < -0.39 is 11.9 Å². The van der Waals surface area contributed by atoms with E-state index in [0.717, 1.165) is 11.3 Å². The van der Waals surface area contributed by atoms with Crippen LogP contribution in [0.25, 0.3) is 0 Å². The number of halogens is 1. The zero-order chi connectivity index (χ0) is 22.6. The summed E-state index contributed by atoms with van der Waals surface area (Å²) in [5, 5.41) is 3.09. The quantitative estimate of drug-likeness (QED) is 0.429. The van der Waals surface area contributed by atoms with Crippen LogP contribution >= 0.6 is 11.6 Å². The number of ketones is 1. The number of rotatable bonds is 5. The van der Waals surface area contributed by atoms with Crippen molar-refractivity contribution in [1.82, 2.24) is 4.90 Å². The Morgan fingerprint density at radius 1 is 1.00 bits per heavy atom. The molecule has 1 heterocycles. The molecule has 0 spiro atoms. The van der Waals surface area contributed by atoms with Gasteiger partial charge in [-0.15, -0.1) is 0 Å². The Morgan fingerprint density at radius 3 is 2.25 bits per heavy atom.